The van der Waals surface area contributed by atoms with Crippen molar-refractivity contribution in [2.24, 2.45) is 0 Å². The molecule has 2 aromatic carbocycles. The Bertz CT molecular complexity index is 1090. The lowest BCUT2D eigenvalue weighted by Gasteiger charge is -2.32. The second-order valence-corrected chi connectivity index (χ2v) is 9.52. The van der Waals surface area contributed by atoms with Crippen LogP contribution in [0.2, 0.25) is 0 Å². The summed E-state index contributed by atoms with van der Waals surface area (Å²) in [6.07, 6.45) is 3.27. The highest BCUT2D eigenvalue weighted by molar-refractivity contribution is 7.22. The zero-order valence-corrected chi connectivity index (χ0v) is 17.6. The Morgan fingerprint density at radius 2 is 1.76 bits per heavy atom. The largest absolute Gasteiger partial charge is 0.352 e. The minimum absolute atomic E-state index is 0.111. The SMILES string of the molecule is O=C(CCc1nc2ccccc2s1)N[C@@H]1CCCN(c2nc3ccccc3s2)C1. The molecule has 148 valence electrons. The van der Waals surface area contributed by atoms with Crippen molar-refractivity contribution in [3.8, 4) is 0 Å². The maximum Gasteiger partial charge on any atom is 0.220 e. The van der Waals surface area contributed by atoms with Crippen LogP contribution in [0.3, 0.4) is 0 Å². The molecule has 1 atom stereocenters. The number of carbonyl (C=O) groups excluding carboxylic acids is 1. The van der Waals surface area contributed by atoms with Crippen LogP contribution < -0.4 is 10.2 Å². The van der Waals surface area contributed by atoms with Gasteiger partial charge in [0, 0.05) is 32.0 Å². The molecule has 0 bridgehead atoms. The molecule has 5 nitrogen and oxygen atoms in total. The maximum absolute atomic E-state index is 12.5. The Labute approximate surface area is 177 Å². The smallest absolute Gasteiger partial charge is 0.220 e. The van der Waals surface area contributed by atoms with Gasteiger partial charge in [-0.15, -0.1) is 11.3 Å². The molecule has 0 aliphatic carbocycles. The monoisotopic (exact) mass is 422 g/mol. The van der Waals surface area contributed by atoms with E-state index >= 15 is 0 Å². The molecule has 1 N–H and O–H groups in total. The number of rotatable bonds is 5. The van der Waals surface area contributed by atoms with Crippen LogP contribution in [-0.2, 0) is 11.2 Å². The van der Waals surface area contributed by atoms with E-state index in [0.717, 1.165) is 47.1 Å². The van der Waals surface area contributed by atoms with Gasteiger partial charge in [0.1, 0.15) is 0 Å². The van der Waals surface area contributed by atoms with Crippen LogP contribution in [0.5, 0.6) is 0 Å². The van der Waals surface area contributed by atoms with Gasteiger partial charge in [0.15, 0.2) is 5.13 Å². The summed E-state index contributed by atoms with van der Waals surface area (Å²) in [5, 5.41) is 5.31. The predicted molar refractivity (Wildman–Crippen MR) is 121 cm³/mol. The number of aromatic nitrogens is 2. The third kappa shape index (κ3) is 4.11. The zero-order chi connectivity index (χ0) is 19.6. The number of nitrogens with one attached hydrogen (secondary N) is 1. The van der Waals surface area contributed by atoms with Gasteiger partial charge in [-0.1, -0.05) is 35.6 Å². The molecule has 0 unspecified atom stereocenters. The van der Waals surface area contributed by atoms with E-state index in [1.807, 2.05) is 24.3 Å². The number of carbonyl (C=O) groups is 1. The normalized spacial score (nSPS) is 17.1. The van der Waals surface area contributed by atoms with Crippen molar-refractivity contribution in [1.29, 1.82) is 0 Å². The van der Waals surface area contributed by atoms with Gasteiger partial charge in [-0.25, -0.2) is 9.97 Å². The van der Waals surface area contributed by atoms with Crippen LogP contribution in [0.25, 0.3) is 20.4 Å². The third-order valence-corrected chi connectivity index (χ3v) is 7.44. The molecule has 0 radical (unpaired) electrons. The van der Waals surface area contributed by atoms with Crippen molar-refractivity contribution in [1.82, 2.24) is 15.3 Å². The van der Waals surface area contributed by atoms with Crippen molar-refractivity contribution in [2.45, 2.75) is 31.7 Å². The number of benzene rings is 2. The van der Waals surface area contributed by atoms with Crippen molar-refractivity contribution in [3.63, 3.8) is 0 Å². The third-order valence-electron chi connectivity index (χ3n) is 5.24. The number of aryl methyl sites for hydroxylation is 1. The molecule has 1 aliphatic heterocycles. The van der Waals surface area contributed by atoms with Gasteiger partial charge in [0.2, 0.25) is 5.91 Å². The quantitative estimate of drug-likeness (QED) is 0.510. The second kappa shape index (κ2) is 8.08. The molecule has 1 amide bonds. The number of amides is 1. The number of anilines is 1. The number of thiazole rings is 2. The molecule has 3 heterocycles. The minimum atomic E-state index is 0.111. The summed E-state index contributed by atoms with van der Waals surface area (Å²) >= 11 is 3.41. The van der Waals surface area contributed by atoms with E-state index in [9.17, 15) is 4.79 Å². The Hall–Kier alpha value is -2.51. The Morgan fingerprint density at radius 3 is 2.52 bits per heavy atom. The standard InChI is InChI=1S/C22H22N4OS2/c27-20(11-12-21-24-16-7-1-3-9-18(16)28-21)23-15-6-5-13-26(14-15)22-25-17-8-2-4-10-19(17)29-22/h1-4,7-10,15H,5-6,11-14H2,(H,23,27)/t15-/m1/s1. The lowest BCUT2D eigenvalue weighted by Crippen LogP contribution is -2.47. The van der Waals surface area contributed by atoms with Crippen LogP contribution in [-0.4, -0.2) is 35.0 Å². The highest BCUT2D eigenvalue weighted by atomic mass is 32.1. The maximum atomic E-state index is 12.5. The van der Waals surface area contributed by atoms with Crippen LogP contribution >= 0.6 is 22.7 Å². The highest BCUT2D eigenvalue weighted by Gasteiger charge is 2.23. The molecule has 5 rings (SSSR count). The molecule has 0 spiro atoms. The van der Waals surface area contributed by atoms with Crippen molar-refractivity contribution < 1.29 is 4.79 Å². The van der Waals surface area contributed by atoms with E-state index < -0.39 is 0 Å². The minimum Gasteiger partial charge on any atom is -0.352 e. The number of para-hydroxylation sites is 2. The summed E-state index contributed by atoms with van der Waals surface area (Å²) in [7, 11) is 0. The van der Waals surface area contributed by atoms with Crippen molar-refractivity contribution >= 4 is 54.1 Å². The average molecular weight is 423 g/mol. The molecule has 1 saturated heterocycles. The average Bonchev–Trinajstić information content (AvgIpc) is 3.36. The van der Waals surface area contributed by atoms with Gasteiger partial charge >= 0.3 is 0 Å². The summed E-state index contributed by atoms with van der Waals surface area (Å²) in [5.74, 6) is 0.111. The van der Waals surface area contributed by atoms with E-state index in [1.165, 1.54) is 9.40 Å². The first-order chi connectivity index (χ1) is 14.2. The molecular formula is C22H22N4OS2. The number of hydrogen-bond acceptors (Lipinski definition) is 6. The van der Waals surface area contributed by atoms with Gasteiger partial charge in [-0.2, -0.15) is 0 Å². The Morgan fingerprint density at radius 1 is 1.03 bits per heavy atom. The Balaban J connectivity index is 1.18. The summed E-state index contributed by atoms with van der Waals surface area (Å²) in [4.78, 5) is 24.2. The fraction of sp³-hybridized carbons (Fsp3) is 0.318. The molecular weight excluding hydrogens is 400 g/mol. The first kappa shape index (κ1) is 18.5. The summed E-state index contributed by atoms with van der Waals surface area (Å²) in [5.41, 5.74) is 2.07. The zero-order valence-electron chi connectivity index (χ0n) is 16.0. The lowest BCUT2D eigenvalue weighted by atomic mass is 10.1. The molecule has 4 aromatic rings. The molecule has 1 aliphatic rings. The van der Waals surface area contributed by atoms with Crippen molar-refractivity contribution in [3.05, 3.63) is 53.5 Å². The fourth-order valence-electron chi connectivity index (χ4n) is 3.81. The second-order valence-electron chi connectivity index (χ2n) is 7.39. The molecule has 7 heteroatoms. The van der Waals surface area contributed by atoms with E-state index in [0.29, 0.717) is 12.8 Å². The highest BCUT2D eigenvalue weighted by Crippen LogP contribution is 2.30. The lowest BCUT2D eigenvalue weighted by molar-refractivity contribution is -0.121. The van der Waals surface area contributed by atoms with Crippen LogP contribution in [0, 0.1) is 0 Å². The van der Waals surface area contributed by atoms with E-state index in [2.05, 4.69) is 39.5 Å². The number of hydrogen-bond donors (Lipinski definition) is 1. The fourth-order valence-corrected chi connectivity index (χ4v) is 5.78. The van der Waals surface area contributed by atoms with Crippen LogP contribution in [0.4, 0.5) is 5.13 Å². The van der Waals surface area contributed by atoms with E-state index in [-0.39, 0.29) is 11.9 Å². The van der Waals surface area contributed by atoms with E-state index in [1.54, 1.807) is 22.7 Å². The predicted octanol–water partition coefficient (Wildman–Crippen LogP) is 4.62. The topological polar surface area (TPSA) is 58.1 Å². The Kier molecular flexibility index (Phi) is 5.16. The molecule has 29 heavy (non-hydrogen) atoms. The first-order valence-corrected chi connectivity index (χ1v) is 11.6. The van der Waals surface area contributed by atoms with Crippen LogP contribution in [0.15, 0.2) is 48.5 Å². The van der Waals surface area contributed by atoms with Gasteiger partial charge < -0.3 is 10.2 Å². The number of piperidine rings is 1. The van der Waals surface area contributed by atoms with Crippen LogP contribution in [0.1, 0.15) is 24.3 Å². The first-order valence-electron chi connectivity index (χ1n) is 9.99. The van der Waals surface area contributed by atoms with Gasteiger partial charge in [0.25, 0.3) is 0 Å². The molecule has 0 saturated carbocycles. The van der Waals surface area contributed by atoms with Crippen molar-refractivity contribution in [2.75, 3.05) is 18.0 Å². The molecule has 2 aromatic heterocycles. The number of fused-ring (bicyclic) bond motifs is 2. The summed E-state index contributed by atoms with van der Waals surface area (Å²) in [6, 6.07) is 16.5. The summed E-state index contributed by atoms with van der Waals surface area (Å²) < 4.78 is 2.39. The van der Waals surface area contributed by atoms with E-state index in [4.69, 9.17) is 4.98 Å². The summed E-state index contributed by atoms with van der Waals surface area (Å²) in [6.45, 7) is 1.82. The van der Waals surface area contributed by atoms with Gasteiger partial charge in [0.05, 0.1) is 25.4 Å². The number of nitrogens with zero attached hydrogens (tertiary/aromatic N) is 3. The van der Waals surface area contributed by atoms with Gasteiger partial charge in [-0.05, 0) is 37.1 Å². The molecule has 1 fully saturated rings. The van der Waals surface area contributed by atoms with Gasteiger partial charge in [-0.3, -0.25) is 4.79 Å².